The molecule has 2 rings (SSSR count). The number of carbonyl (C=O) groups excluding carboxylic acids is 1. The molecule has 2 aliphatic rings. The summed E-state index contributed by atoms with van der Waals surface area (Å²) in [7, 11) is 0. The van der Waals surface area contributed by atoms with E-state index in [-0.39, 0.29) is 17.5 Å². The van der Waals surface area contributed by atoms with Crippen molar-refractivity contribution in [1.82, 2.24) is 0 Å². The third-order valence-corrected chi connectivity index (χ3v) is 6.57. The fraction of sp³-hybridized carbons (Fsp3) is 0.773. The molecule has 0 amide bonds. The van der Waals surface area contributed by atoms with E-state index in [4.69, 9.17) is 4.74 Å². The Balaban J connectivity index is 2.39. The Morgan fingerprint density at radius 3 is 2.56 bits per heavy atom. The van der Waals surface area contributed by atoms with E-state index in [9.17, 15) is 9.90 Å². The summed E-state index contributed by atoms with van der Waals surface area (Å²) >= 11 is 0. The van der Waals surface area contributed by atoms with Crippen molar-refractivity contribution in [3.05, 3.63) is 23.8 Å². The first-order valence-corrected chi connectivity index (χ1v) is 9.81. The van der Waals surface area contributed by atoms with Gasteiger partial charge in [0.25, 0.3) is 0 Å². The van der Waals surface area contributed by atoms with Crippen LogP contribution in [0.1, 0.15) is 73.6 Å². The molecule has 2 aliphatic carbocycles. The molecule has 3 heteroatoms. The first-order valence-electron chi connectivity index (χ1n) is 9.81. The van der Waals surface area contributed by atoms with E-state index in [0.29, 0.717) is 30.6 Å². The minimum atomic E-state index is -0.861. The van der Waals surface area contributed by atoms with E-state index >= 15 is 0 Å². The summed E-state index contributed by atoms with van der Waals surface area (Å²) in [5, 5.41) is 10.8. The molecule has 0 bridgehead atoms. The molecule has 0 radical (unpaired) electrons. The number of hydrogen-bond acceptors (Lipinski definition) is 3. The van der Waals surface area contributed by atoms with Crippen LogP contribution in [-0.4, -0.2) is 22.8 Å². The predicted molar refractivity (Wildman–Crippen MR) is 102 cm³/mol. The summed E-state index contributed by atoms with van der Waals surface area (Å²) in [5.74, 6) is 1.55. The number of ether oxygens (including phenoxy) is 1. The number of carbonyl (C=O) groups is 1. The van der Waals surface area contributed by atoms with Crippen LogP contribution < -0.4 is 0 Å². The van der Waals surface area contributed by atoms with Crippen LogP contribution in [0.5, 0.6) is 0 Å². The summed E-state index contributed by atoms with van der Waals surface area (Å²) < 4.78 is 5.55. The van der Waals surface area contributed by atoms with Gasteiger partial charge in [-0.2, -0.15) is 0 Å². The maximum Gasteiger partial charge on any atom is 0.303 e. The number of rotatable bonds is 2. The molecule has 5 atom stereocenters. The number of allylic oxidation sites excluding steroid dienone is 2. The number of hydrogen-bond donors (Lipinski definition) is 1. The molecule has 1 fully saturated rings. The fourth-order valence-electron chi connectivity index (χ4n) is 4.93. The van der Waals surface area contributed by atoms with Crippen LogP contribution in [0.4, 0.5) is 0 Å². The Morgan fingerprint density at radius 1 is 1.28 bits per heavy atom. The minimum absolute atomic E-state index is 0.188. The van der Waals surface area contributed by atoms with Crippen molar-refractivity contribution in [2.45, 2.75) is 85.4 Å². The third-order valence-electron chi connectivity index (χ3n) is 6.57. The third kappa shape index (κ3) is 4.75. The maximum atomic E-state index is 11.5. The van der Waals surface area contributed by atoms with Crippen molar-refractivity contribution in [3.63, 3.8) is 0 Å². The molecule has 0 aromatic rings. The molecule has 1 saturated carbocycles. The Labute approximate surface area is 153 Å². The van der Waals surface area contributed by atoms with Crippen molar-refractivity contribution < 1.29 is 14.6 Å². The summed E-state index contributed by atoms with van der Waals surface area (Å²) in [6.45, 7) is 12.4. The van der Waals surface area contributed by atoms with Gasteiger partial charge in [0.1, 0.15) is 6.10 Å². The van der Waals surface area contributed by atoms with Crippen LogP contribution in [0.25, 0.3) is 0 Å². The van der Waals surface area contributed by atoms with Gasteiger partial charge in [0.15, 0.2) is 0 Å². The molecule has 0 spiro atoms. The molecule has 0 aliphatic heterocycles. The van der Waals surface area contributed by atoms with Crippen LogP contribution in [0.3, 0.4) is 0 Å². The highest BCUT2D eigenvalue weighted by Gasteiger charge is 2.46. The largest absolute Gasteiger partial charge is 0.458 e. The van der Waals surface area contributed by atoms with Gasteiger partial charge in [0, 0.05) is 6.92 Å². The van der Waals surface area contributed by atoms with E-state index < -0.39 is 5.60 Å². The zero-order valence-electron chi connectivity index (χ0n) is 16.8. The SMILES string of the molecule is CC(=O)OC1CCC(C)(O)C=CC2CCC(C(C)C)C2(C)CC=C1C. The summed E-state index contributed by atoms with van der Waals surface area (Å²) in [5.41, 5.74) is 0.440. The second-order valence-corrected chi connectivity index (χ2v) is 9.05. The molecule has 0 aromatic carbocycles. The van der Waals surface area contributed by atoms with Gasteiger partial charge < -0.3 is 9.84 Å². The number of aliphatic hydroxyl groups is 1. The highest BCUT2D eigenvalue weighted by atomic mass is 16.5. The average Bonchev–Trinajstić information content (AvgIpc) is 2.83. The van der Waals surface area contributed by atoms with Gasteiger partial charge in [-0.25, -0.2) is 0 Å². The van der Waals surface area contributed by atoms with Crippen LogP contribution in [0.2, 0.25) is 0 Å². The Hall–Kier alpha value is -1.09. The monoisotopic (exact) mass is 348 g/mol. The topological polar surface area (TPSA) is 46.5 Å². The molecule has 0 aromatic heterocycles. The van der Waals surface area contributed by atoms with E-state index in [0.717, 1.165) is 12.0 Å². The van der Waals surface area contributed by atoms with Crippen LogP contribution in [-0.2, 0) is 9.53 Å². The van der Waals surface area contributed by atoms with Crippen LogP contribution in [0, 0.1) is 23.2 Å². The van der Waals surface area contributed by atoms with Crippen LogP contribution >= 0.6 is 0 Å². The molecule has 142 valence electrons. The lowest BCUT2D eigenvalue weighted by Crippen LogP contribution is -2.31. The molecule has 25 heavy (non-hydrogen) atoms. The fourth-order valence-corrected chi connectivity index (χ4v) is 4.93. The highest BCUT2D eigenvalue weighted by Crippen LogP contribution is 2.54. The maximum absolute atomic E-state index is 11.5. The molecular weight excluding hydrogens is 312 g/mol. The lowest BCUT2D eigenvalue weighted by atomic mass is 9.67. The van der Waals surface area contributed by atoms with Crippen molar-refractivity contribution >= 4 is 5.97 Å². The van der Waals surface area contributed by atoms with Gasteiger partial charge in [-0.15, -0.1) is 0 Å². The summed E-state index contributed by atoms with van der Waals surface area (Å²) in [6.07, 6.45) is 11.0. The van der Waals surface area contributed by atoms with Gasteiger partial charge >= 0.3 is 5.97 Å². The van der Waals surface area contributed by atoms with Crippen molar-refractivity contribution in [2.24, 2.45) is 23.2 Å². The van der Waals surface area contributed by atoms with E-state index in [2.05, 4.69) is 39.8 Å². The Kier molecular flexibility index (Phi) is 6.19. The lowest BCUT2D eigenvalue weighted by molar-refractivity contribution is -0.145. The summed E-state index contributed by atoms with van der Waals surface area (Å²) in [4.78, 5) is 11.5. The van der Waals surface area contributed by atoms with E-state index in [1.165, 1.54) is 19.8 Å². The first kappa shape index (κ1) is 20.2. The second-order valence-electron chi connectivity index (χ2n) is 9.05. The second kappa shape index (κ2) is 7.65. The van der Waals surface area contributed by atoms with Crippen molar-refractivity contribution in [3.8, 4) is 0 Å². The minimum Gasteiger partial charge on any atom is -0.458 e. The van der Waals surface area contributed by atoms with E-state index in [1.54, 1.807) is 0 Å². The van der Waals surface area contributed by atoms with Gasteiger partial charge in [-0.3, -0.25) is 4.79 Å². The molecule has 1 N–H and O–H groups in total. The van der Waals surface area contributed by atoms with Crippen LogP contribution in [0.15, 0.2) is 23.8 Å². The molecular formula is C22H36O3. The molecule has 5 unspecified atom stereocenters. The highest BCUT2D eigenvalue weighted by molar-refractivity contribution is 5.66. The zero-order chi connectivity index (χ0) is 18.8. The zero-order valence-corrected chi connectivity index (χ0v) is 16.8. The Bertz CT molecular complexity index is 543. The van der Waals surface area contributed by atoms with Gasteiger partial charge in [0.2, 0.25) is 0 Å². The first-order chi connectivity index (χ1) is 11.5. The number of fused-ring (bicyclic) bond motifs is 1. The molecule has 0 saturated heterocycles. The van der Waals surface area contributed by atoms with E-state index in [1.807, 2.05) is 13.0 Å². The normalized spacial score (nSPS) is 39.5. The van der Waals surface area contributed by atoms with Gasteiger partial charge in [-0.05, 0) is 74.7 Å². The van der Waals surface area contributed by atoms with Crippen molar-refractivity contribution in [2.75, 3.05) is 0 Å². The summed E-state index contributed by atoms with van der Waals surface area (Å²) in [6, 6.07) is 0. The standard InChI is InChI=1S/C22H36O3/c1-15(2)19-8-7-18-10-12-21(5,24)13-11-20(25-17(4)23)16(3)9-14-22(18,19)6/h9-10,12,15,18-20,24H,7-8,11,13-14H2,1-6H3. The van der Waals surface area contributed by atoms with Gasteiger partial charge in [0.05, 0.1) is 5.60 Å². The smallest absolute Gasteiger partial charge is 0.303 e. The molecule has 0 heterocycles. The average molecular weight is 349 g/mol. The van der Waals surface area contributed by atoms with Gasteiger partial charge in [-0.1, -0.05) is 39.0 Å². The Morgan fingerprint density at radius 2 is 1.96 bits per heavy atom. The van der Waals surface area contributed by atoms with Crippen molar-refractivity contribution in [1.29, 1.82) is 0 Å². The molecule has 3 nitrogen and oxygen atoms in total. The predicted octanol–water partition coefficient (Wildman–Crippen LogP) is 5.04. The quantitative estimate of drug-likeness (QED) is 0.561. The lowest BCUT2D eigenvalue weighted by Gasteiger charge is -2.38. The number of esters is 1.